The van der Waals surface area contributed by atoms with E-state index in [0.29, 0.717) is 6.54 Å². The fourth-order valence-corrected chi connectivity index (χ4v) is 1.29. The Morgan fingerprint density at radius 2 is 2.06 bits per heavy atom. The van der Waals surface area contributed by atoms with Crippen molar-refractivity contribution >= 4 is 17.9 Å². The Morgan fingerprint density at radius 3 is 2.50 bits per heavy atom. The van der Waals surface area contributed by atoms with Crippen LogP contribution in [0.5, 0.6) is 0 Å². The molecule has 0 saturated carbocycles. The Bertz CT molecular complexity index is 330. The van der Waals surface area contributed by atoms with Gasteiger partial charge in [0.2, 0.25) is 5.91 Å². The van der Waals surface area contributed by atoms with Gasteiger partial charge in [-0.2, -0.15) is 0 Å². The lowest BCUT2D eigenvalue weighted by Gasteiger charge is -2.24. The number of urea groups is 1. The fraction of sp³-hybridized carbons (Fsp3) is 0.545. The van der Waals surface area contributed by atoms with E-state index in [1.165, 1.54) is 17.9 Å². The first-order chi connectivity index (χ1) is 8.42. The molecule has 1 atom stereocenters. The van der Waals surface area contributed by atoms with E-state index < -0.39 is 23.9 Å². The predicted octanol–water partition coefficient (Wildman–Crippen LogP) is -0.207. The van der Waals surface area contributed by atoms with Crippen LogP contribution >= 0.6 is 0 Å². The van der Waals surface area contributed by atoms with Gasteiger partial charge in [-0.05, 0) is 13.8 Å². The minimum atomic E-state index is -1.05. The summed E-state index contributed by atoms with van der Waals surface area (Å²) in [5, 5.41) is 13.3. The molecule has 0 heterocycles. The highest BCUT2D eigenvalue weighted by Gasteiger charge is 2.23. The predicted molar refractivity (Wildman–Crippen MR) is 66.1 cm³/mol. The van der Waals surface area contributed by atoms with Crippen LogP contribution in [0, 0.1) is 0 Å². The van der Waals surface area contributed by atoms with Crippen molar-refractivity contribution in [3.63, 3.8) is 0 Å². The van der Waals surface area contributed by atoms with E-state index in [0.717, 1.165) is 0 Å². The molecular weight excluding hydrogens is 238 g/mol. The summed E-state index contributed by atoms with van der Waals surface area (Å²) in [6, 6.07) is -1.33. The third kappa shape index (κ3) is 6.00. The first-order valence-electron chi connectivity index (χ1n) is 5.57. The fourth-order valence-electron chi connectivity index (χ4n) is 1.29. The molecule has 0 radical (unpaired) electrons. The summed E-state index contributed by atoms with van der Waals surface area (Å²) in [5.74, 6) is -1.60. The average Bonchev–Trinajstić information content (AvgIpc) is 2.27. The number of hydrogen-bond donors (Lipinski definition) is 3. The highest BCUT2D eigenvalue weighted by molar-refractivity contribution is 5.96. The second kappa shape index (κ2) is 8.24. The van der Waals surface area contributed by atoms with Crippen molar-refractivity contribution in [2.75, 3.05) is 19.6 Å². The van der Waals surface area contributed by atoms with Crippen LogP contribution in [-0.2, 0) is 9.59 Å². The minimum Gasteiger partial charge on any atom is -0.480 e. The van der Waals surface area contributed by atoms with Crippen molar-refractivity contribution in [2.24, 2.45) is 0 Å². The van der Waals surface area contributed by atoms with Crippen molar-refractivity contribution in [1.29, 1.82) is 0 Å². The second-order valence-corrected chi connectivity index (χ2v) is 3.64. The number of carboxylic acid groups (broad SMARTS) is 1. The summed E-state index contributed by atoms with van der Waals surface area (Å²) in [5.41, 5.74) is 0. The summed E-state index contributed by atoms with van der Waals surface area (Å²) in [4.78, 5) is 34.9. The molecule has 0 rings (SSSR count). The number of hydrogen-bond acceptors (Lipinski definition) is 4. The quantitative estimate of drug-likeness (QED) is 0.548. The van der Waals surface area contributed by atoms with Crippen LogP contribution in [0.4, 0.5) is 4.79 Å². The lowest BCUT2D eigenvalue weighted by atomic mass is 10.2. The topological polar surface area (TPSA) is 98.7 Å². The molecule has 0 aliphatic rings. The van der Waals surface area contributed by atoms with Crippen molar-refractivity contribution in [3.05, 3.63) is 12.7 Å². The number of nitrogens with one attached hydrogen (secondary N) is 2. The molecule has 0 spiro atoms. The van der Waals surface area contributed by atoms with Gasteiger partial charge in [0.1, 0.15) is 0 Å². The van der Waals surface area contributed by atoms with Crippen LogP contribution in [0.1, 0.15) is 13.8 Å². The number of carbonyl (C=O) groups excluding carboxylic acids is 2. The van der Waals surface area contributed by atoms with E-state index in [1.807, 2.05) is 0 Å². The number of rotatable bonds is 7. The van der Waals surface area contributed by atoms with Gasteiger partial charge in [-0.15, -0.1) is 6.58 Å². The molecular formula is C11H19N3O4. The largest absolute Gasteiger partial charge is 0.480 e. The first kappa shape index (κ1) is 16.1. The maximum Gasteiger partial charge on any atom is 0.321 e. The molecule has 0 aromatic rings. The van der Waals surface area contributed by atoms with E-state index in [2.05, 4.69) is 17.2 Å². The lowest BCUT2D eigenvalue weighted by Crippen LogP contribution is -2.50. The van der Waals surface area contributed by atoms with Crippen molar-refractivity contribution in [3.8, 4) is 0 Å². The van der Waals surface area contributed by atoms with Gasteiger partial charge in [0, 0.05) is 13.1 Å². The zero-order chi connectivity index (χ0) is 14.1. The monoisotopic (exact) mass is 257 g/mol. The Balaban J connectivity index is 4.49. The number of imide groups is 1. The summed E-state index contributed by atoms with van der Waals surface area (Å²) in [7, 11) is 0. The Hall–Kier alpha value is -1.89. The van der Waals surface area contributed by atoms with Crippen LogP contribution in [0.15, 0.2) is 12.7 Å². The molecule has 0 aliphatic carbocycles. The average molecular weight is 257 g/mol. The number of carboxylic acids is 1. The van der Waals surface area contributed by atoms with Crippen molar-refractivity contribution < 1.29 is 19.5 Å². The molecule has 3 amide bonds. The van der Waals surface area contributed by atoms with E-state index in [4.69, 9.17) is 5.11 Å². The molecule has 0 aromatic carbocycles. The molecule has 7 heteroatoms. The summed E-state index contributed by atoms with van der Waals surface area (Å²) < 4.78 is 0. The zero-order valence-corrected chi connectivity index (χ0v) is 10.6. The van der Waals surface area contributed by atoms with Crippen LogP contribution in [0.25, 0.3) is 0 Å². The van der Waals surface area contributed by atoms with E-state index >= 15 is 0 Å². The molecule has 0 fully saturated rings. The second-order valence-electron chi connectivity index (χ2n) is 3.64. The molecule has 3 N–H and O–H groups in total. The van der Waals surface area contributed by atoms with Gasteiger partial charge in [-0.25, -0.2) is 4.79 Å². The highest BCUT2D eigenvalue weighted by Crippen LogP contribution is 1.99. The summed E-state index contributed by atoms with van der Waals surface area (Å²) in [6.45, 7) is 7.10. The Morgan fingerprint density at radius 1 is 1.44 bits per heavy atom. The first-order valence-corrected chi connectivity index (χ1v) is 5.57. The van der Waals surface area contributed by atoms with Gasteiger partial charge in [0.15, 0.2) is 0 Å². The Labute approximate surface area is 106 Å². The Kier molecular flexibility index (Phi) is 7.37. The van der Waals surface area contributed by atoms with Gasteiger partial charge in [-0.1, -0.05) is 6.08 Å². The number of nitrogens with zero attached hydrogens (tertiary/aromatic N) is 1. The van der Waals surface area contributed by atoms with Crippen molar-refractivity contribution in [1.82, 2.24) is 15.5 Å². The van der Waals surface area contributed by atoms with Crippen molar-refractivity contribution in [2.45, 2.75) is 19.9 Å². The van der Waals surface area contributed by atoms with E-state index in [9.17, 15) is 14.4 Å². The zero-order valence-electron chi connectivity index (χ0n) is 10.6. The minimum absolute atomic E-state index is 0.246. The number of aliphatic carboxylic acids is 1. The third-order valence-electron chi connectivity index (χ3n) is 2.20. The number of carbonyl (C=O) groups is 3. The maximum absolute atomic E-state index is 11.7. The highest BCUT2D eigenvalue weighted by atomic mass is 16.4. The maximum atomic E-state index is 11.7. The third-order valence-corrected chi connectivity index (χ3v) is 2.20. The molecule has 7 nitrogen and oxygen atoms in total. The SMILES string of the molecule is C=CCN(CC(=O)O)C(C)C(=O)NC(=O)NCC. The molecule has 0 aliphatic heterocycles. The van der Waals surface area contributed by atoms with Gasteiger partial charge >= 0.3 is 12.0 Å². The van der Waals surface area contributed by atoms with Crippen LogP contribution in [0.2, 0.25) is 0 Å². The van der Waals surface area contributed by atoms with Crippen LogP contribution in [0.3, 0.4) is 0 Å². The van der Waals surface area contributed by atoms with Gasteiger partial charge in [0.05, 0.1) is 12.6 Å². The van der Waals surface area contributed by atoms with Gasteiger partial charge in [0.25, 0.3) is 0 Å². The molecule has 0 aromatic heterocycles. The van der Waals surface area contributed by atoms with Gasteiger partial charge in [-0.3, -0.25) is 19.8 Å². The van der Waals surface area contributed by atoms with E-state index in [1.54, 1.807) is 6.92 Å². The number of amides is 3. The summed E-state index contributed by atoms with van der Waals surface area (Å²) >= 11 is 0. The molecule has 0 saturated heterocycles. The molecule has 18 heavy (non-hydrogen) atoms. The lowest BCUT2D eigenvalue weighted by molar-refractivity contribution is -0.139. The van der Waals surface area contributed by atoms with Gasteiger partial charge < -0.3 is 10.4 Å². The standard InChI is InChI=1S/C11H19N3O4/c1-4-6-14(7-9(15)16)8(3)10(17)13-11(18)12-5-2/h4,8H,1,5-7H2,2-3H3,(H,15,16)(H2,12,13,17,18). The van der Waals surface area contributed by atoms with Crippen LogP contribution < -0.4 is 10.6 Å². The molecule has 1 unspecified atom stereocenters. The summed E-state index contributed by atoms with van der Waals surface area (Å²) in [6.07, 6.45) is 1.50. The molecule has 0 bridgehead atoms. The molecule has 102 valence electrons. The van der Waals surface area contributed by atoms with E-state index in [-0.39, 0.29) is 13.1 Å². The van der Waals surface area contributed by atoms with Crippen LogP contribution in [-0.4, -0.2) is 53.6 Å². The smallest absolute Gasteiger partial charge is 0.321 e. The normalized spacial score (nSPS) is 11.7.